The van der Waals surface area contributed by atoms with Crippen molar-refractivity contribution in [2.75, 3.05) is 10.6 Å². The van der Waals surface area contributed by atoms with E-state index in [9.17, 15) is 18.8 Å². The molecule has 1 heterocycles. The van der Waals surface area contributed by atoms with Gasteiger partial charge in [0.15, 0.2) is 0 Å². The molecule has 2 amide bonds. The standard InChI is InChI=1S/C25H21ClFN3O3/c1-15-12-19(24(32)28-17-7-5-16(26)6-8-17)20(13-15)25(33)29-22-10-9-18(14-21(22)27)30-11-3-2-4-23(30)31/h2-11,14,19-20H,1,12-13H2,(H,28,32)(H,29,33)/t19-,20-/m0/s1. The molecule has 0 spiro atoms. The minimum atomic E-state index is -0.685. The van der Waals surface area contributed by atoms with Gasteiger partial charge in [0.25, 0.3) is 5.56 Å². The summed E-state index contributed by atoms with van der Waals surface area (Å²) in [5.41, 5.74) is 1.37. The summed E-state index contributed by atoms with van der Waals surface area (Å²) in [7, 11) is 0. The van der Waals surface area contributed by atoms with Crippen LogP contribution in [-0.4, -0.2) is 16.4 Å². The van der Waals surface area contributed by atoms with Crippen molar-refractivity contribution >= 4 is 34.8 Å². The van der Waals surface area contributed by atoms with E-state index in [-0.39, 0.29) is 17.2 Å². The highest BCUT2D eigenvalue weighted by atomic mass is 35.5. The van der Waals surface area contributed by atoms with E-state index in [1.54, 1.807) is 42.5 Å². The minimum absolute atomic E-state index is 0.0258. The monoisotopic (exact) mass is 465 g/mol. The number of benzene rings is 2. The summed E-state index contributed by atoms with van der Waals surface area (Å²) < 4.78 is 16.0. The molecule has 1 aliphatic carbocycles. The molecule has 0 radical (unpaired) electrons. The third-order valence-corrected chi connectivity index (χ3v) is 5.85. The molecular formula is C25H21ClFN3O3. The van der Waals surface area contributed by atoms with Crippen LogP contribution in [0.3, 0.4) is 0 Å². The molecule has 0 aliphatic heterocycles. The lowest BCUT2D eigenvalue weighted by Gasteiger charge is -2.19. The second kappa shape index (κ2) is 9.42. The molecule has 6 nitrogen and oxygen atoms in total. The molecule has 2 aromatic carbocycles. The van der Waals surface area contributed by atoms with E-state index in [0.717, 1.165) is 5.57 Å². The van der Waals surface area contributed by atoms with E-state index >= 15 is 0 Å². The number of carbonyl (C=O) groups excluding carboxylic acids is 2. The van der Waals surface area contributed by atoms with Gasteiger partial charge in [-0.3, -0.25) is 19.0 Å². The maximum atomic E-state index is 14.7. The number of nitrogens with one attached hydrogen (secondary N) is 2. The Morgan fingerprint density at radius 3 is 2.27 bits per heavy atom. The zero-order valence-electron chi connectivity index (χ0n) is 17.6. The minimum Gasteiger partial charge on any atom is -0.326 e. The second-order valence-electron chi connectivity index (χ2n) is 7.93. The predicted molar refractivity (Wildman–Crippen MR) is 126 cm³/mol. The van der Waals surface area contributed by atoms with Crippen LogP contribution in [0.4, 0.5) is 15.8 Å². The fraction of sp³-hybridized carbons (Fsp3) is 0.160. The maximum absolute atomic E-state index is 14.7. The van der Waals surface area contributed by atoms with Crippen LogP contribution in [0.25, 0.3) is 5.69 Å². The van der Waals surface area contributed by atoms with Gasteiger partial charge in [-0.1, -0.05) is 29.8 Å². The number of anilines is 2. The van der Waals surface area contributed by atoms with Gasteiger partial charge in [0.1, 0.15) is 5.82 Å². The normalized spacial score (nSPS) is 17.6. The van der Waals surface area contributed by atoms with Gasteiger partial charge in [0, 0.05) is 29.0 Å². The highest BCUT2D eigenvalue weighted by Gasteiger charge is 2.39. The number of nitrogens with zero attached hydrogens (tertiary/aromatic N) is 1. The summed E-state index contributed by atoms with van der Waals surface area (Å²) in [6, 6.07) is 15.4. The van der Waals surface area contributed by atoms with E-state index < -0.39 is 23.6 Å². The SMILES string of the molecule is C=C1C[C@H](C(=O)Nc2ccc(Cl)cc2)[C@@H](C(=O)Nc2ccc(-n3ccccc3=O)cc2F)C1. The summed E-state index contributed by atoms with van der Waals surface area (Å²) in [6.45, 7) is 3.93. The van der Waals surface area contributed by atoms with Gasteiger partial charge >= 0.3 is 0 Å². The summed E-state index contributed by atoms with van der Waals surface area (Å²) in [4.78, 5) is 37.8. The Labute approximate surface area is 194 Å². The Kier molecular flexibility index (Phi) is 6.42. The first kappa shape index (κ1) is 22.5. The molecule has 33 heavy (non-hydrogen) atoms. The topological polar surface area (TPSA) is 80.2 Å². The van der Waals surface area contributed by atoms with E-state index in [1.807, 2.05) is 0 Å². The van der Waals surface area contributed by atoms with Crippen LogP contribution in [-0.2, 0) is 9.59 Å². The fourth-order valence-corrected chi connectivity index (χ4v) is 4.06. The number of hydrogen-bond acceptors (Lipinski definition) is 3. The highest BCUT2D eigenvalue weighted by Crippen LogP contribution is 2.37. The average molecular weight is 466 g/mol. The number of rotatable bonds is 5. The lowest BCUT2D eigenvalue weighted by molar-refractivity contribution is -0.128. The largest absolute Gasteiger partial charge is 0.326 e. The molecular weight excluding hydrogens is 445 g/mol. The number of amides is 2. The van der Waals surface area contributed by atoms with Crippen molar-refractivity contribution in [3.05, 3.63) is 100 Å². The van der Waals surface area contributed by atoms with Crippen molar-refractivity contribution in [2.45, 2.75) is 12.8 Å². The average Bonchev–Trinajstić information content (AvgIpc) is 3.19. The molecule has 0 unspecified atom stereocenters. The lowest BCUT2D eigenvalue weighted by Crippen LogP contribution is -2.33. The van der Waals surface area contributed by atoms with Gasteiger partial charge < -0.3 is 10.6 Å². The molecule has 1 saturated carbocycles. The van der Waals surface area contributed by atoms with Crippen LogP contribution in [0, 0.1) is 17.7 Å². The van der Waals surface area contributed by atoms with Gasteiger partial charge in [-0.25, -0.2) is 4.39 Å². The van der Waals surface area contributed by atoms with Crippen LogP contribution in [0.5, 0.6) is 0 Å². The third kappa shape index (κ3) is 5.04. The Morgan fingerprint density at radius 2 is 1.64 bits per heavy atom. The first-order valence-electron chi connectivity index (χ1n) is 10.3. The van der Waals surface area contributed by atoms with Crippen molar-refractivity contribution in [1.29, 1.82) is 0 Å². The van der Waals surface area contributed by atoms with Crippen LogP contribution in [0.1, 0.15) is 12.8 Å². The Morgan fingerprint density at radius 1 is 0.970 bits per heavy atom. The van der Waals surface area contributed by atoms with Crippen molar-refractivity contribution in [3.63, 3.8) is 0 Å². The zero-order chi connectivity index (χ0) is 23.5. The summed E-state index contributed by atoms with van der Waals surface area (Å²) in [5, 5.41) is 5.93. The van der Waals surface area contributed by atoms with E-state index in [2.05, 4.69) is 17.2 Å². The molecule has 8 heteroatoms. The molecule has 4 rings (SSSR count). The summed E-state index contributed by atoms with van der Waals surface area (Å²) >= 11 is 5.88. The molecule has 2 N–H and O–H groups in total. The number of aromatic nitrogens is 1. The number of allylic oxidation sites excluding steroid dienone is 1. The predicted octanol–water partition coefficient (Wildman–Crippen LogP) is 4.79. The first-order chi connectivity index (χ1) is 15.8. The van der Waals surface area contributed by atoms with E-state index in [1.165, 1.54) is 29.0 Å². The number of hydrogen-bond donors (Lipinski definition) is 2. The Hall–Kier alpha value is -3.71. The van der Waals surface area contributed by atoms with Gasteiger partial charge in [-0.2, -0.15) is 0 Å². The van der Waals surface area contributed by atoms with E-state index in [0.29, 0.717) is 29.2 Å². The van der Waals surface area contributed by atoms with Gasteiger partial charge in [0.2, 0.25) is 11.8 Å². The van der Waals surface area contributed by atoms with Gasteiger partial charge in [0.05, 0.1) is 23.2 Å². The third-order valence-electron chi connectivity index (χ3n) is 5.60. The molecule has 1 aliphatic rings. The van der Waals surface area contributed by atoms with Crippen LogP contribution in [0.2, 0.25) is 5.02 Å². The molecule has 2 atom stereocenters. The molecule has 0 bridgehead atoms. The van der Waals surface area contributed by atoms with Crippen molar-refractivity contribution in [2.24, 2.45) is 11.8 Å². The quantitative estimate of drug-likeness (QED) is 0.532. The lowest BCUT2D eigenvalue weighted by atomic mass is 9.94. The van der Waals surface area contributed by atoms with Gasteiger partial charge in [-0.05, 0) is 55.3 Å². The fourth-order valence-electron chi connectivity index (χ4n) is 3.93. The van der Waals surface area contributed by atoms with Crippen LogP contribution in [0.15, 0.2) is 83.8 Å². The zero-order valence-corrected chi connectivity index (χ0v) is 18.3. The van der Waals surface area contributed by atoms with E-state index in [4.69, 9.17) is 11.6 Å². The van der Waals surface area contributed by atoms with Crippen LogP contribution < -0.4 is 16.2 Å². The summed E-state index contributed by atoms with van der Waals surface area (Å²) in [5.74, 6) is -2.77. The number of pyridine rings is 1. The second-order valence-corrected chi connectivity index (χ2v) is 8.37. The van der Waals surface area contributed by atoms with Crippen molar-refractivity contribution < 1.29 is 14.0 Å². The summed E-state index contributed by atoms with van der Waals surface area (Å²) in [6.07, 6.45) is 2.24. The van der Waals surface area contributed by atoms with Gasteiger partial charge in [-0.15, -0.1) is 0 Å². The number of carbonyl (C=O) groups is 2. The Bertz CT molecular complexity index is 1290. The smallest absolute Gasteiger partial charge is 0.255 e. The van der Waals surface area contributed by atoms with Crippen LogP contribution >= 0.6 is 11.6 Å². The molecule has 1 aromatic heterocycles. The van der Waals surface area contributed by atoms with Crippen molar-refractivity contribution in [3.8, 4) is 5.69 Å². The van der Waals surface area contributed by atoms with Crippen molar-refractivity contribution in [1.82, 2.24) is 4.57 Å². The first-order valence-corrected chi connectivity index (χ1v) is 10.7. The molecule has 3 aromatic rings. The Balaban J connectivity index is 1.49. The molecule has 168 valence electrons. The maximum Gasteiger partial charge on any atom is 0.255 e. The molecule has 1 fully saturated rings. The number of halogens is 2. The molecule has 0 saturated heterocycles. The highest BCUT2D eigenvalue weighted by molar-refractivity contribution is 6.30.